The Labute approximate surface area is 38.0 Å². The lowest BCUT2D eigenvalue weighted by Crippen LogP contribution is -1.42. The molecule has 0 atom stereocenters. The van der Waals surface area contributed by atoms with Crippen LogP contribution in [0.25, 0.3) is 0 Å². The second-order valence-corrected chi connectivity index (χ2v) is 0.837. The minimum absolute atomic E-state index is 0.878. The van der Waals surface area contributed by atoms with E-state index in [4.69, 9.17) is 0 Å². The van der Waals surface area contributed by atoms with Gasteiger partial charge in [0.2, 0.25) is 0 Å². The average Bonchev–Trinajstić information content (AvgIpc) is 1.41. The van der Waals surface area contributed by atoms with Crippen LogP contribution in [0.15, 0.2) is 0 Å². The van der Waals surface area contributed by atoms with Crippen LogP contribution < -0.4 is 0 Å². The van der Waals surface area contributed by atoms with Crippen LogP contribution in [-0.2, 0) is 0 Å². The molecule has 0 saturated carbocycles. The first-order chi connectivity index (χ1) is 2.41. The number of rotatable bonds is 0. The molecule has 0 aliphatic carbocycles. The molecule has 0 aliphatic heterocycles. The number of hydrogen-bond donors (Lipinski definition) is 0. The minimum atomic E-state index is 0.878. The van der Waals surface area contributed by atoms with Gasteiger partial charge in [-0.05, 0) is 12.6 Å². The lowest BCUT2D eigenvalue weighted by molar-refractivity contribution is 1.28. The van der Waals surface area contributed by atoms with Crippen LogP contribution in [-0.4, -0.2) is 0 Å². The molecule has 1 radical (unpaired) electrons. The van der Waals surface area contributed by atoms with Crippen LogP contribution in [0.2, 0.25) is 0 Å². The Kier molecular flexibility index (Phi) is 3.61. The summed E-state index contributed by atoms with van der Waals surface area (Å²) >= 11 is 4.29. The maximum Gasteiger partial charge on any atom is 0.00724 e. The smallest absolute Gasteiger partial charge is 0.00724 e. The van der Waals surface area contributed by atoms with Crippen molar-refractivity contribution in [1.29, 1.82) is 0 Å². The minimum Gasteiger partial charge on any atom is -0.0868 e. The normalized spacial score (nSPS) is 5.00. The molecule has 0 saturated heterocycles. The van der Waals surface area contributed by atoms with Crippen LogP contribution in [0.4, 0.5) is 0 Å². The zero-order valence-electron chi connectivity index (χ0n) is 3.12. The van der Waals surface area contributed by atoms with E-state index in [9.17, 15) is 0 Å². The monoisotopic (exact) mass is 85.0 g/mol. The van der Waals surface area contributed by atoms with Crippen LogP contribution in [0, 0.1) is 11.2 Å². The Hall–Kier alpha value is -0.220. The standard InChI is InChI=1S/C4H5S/c1-2-3-4-5/h2H2,1H3. The Morgan fingerprint density at radius 3 is 2.40 bits per heavy atom. The summed E-state index contributed by atoms with van der Waals surface area (Å²) in [7, 11) is 0. The van der Waals surface area contributed by atoms with Gasteiger partial charge in [-0.25, -0.2) is 0 Å². The third kappa shape index (κ3) is 3.78. The average molecular weight is 85.2 g/mol. The van der Waals surface area contributed by atoms with Crippen molar-refractivity contribution in [2.75, 3.05) is 0 Å². The zero-order chi connectivity index (χ0) is 4.12. The largest absolute Gasteiger partial charge is 0.0868 e. The van der Waals surface area contributed by atoms with E-state index in [0.717, 1.165) is 6.42 Å². The predicted molar refractivity (Wildman–Crippen MR) is 25.7 cm³/mol. The highest BCUT2D eigenvalue weighted by atomic mass is 32.1. The topological polar surface area (TPSA) is 0 Å². The molecule has 0 fully saturated rings. The van der Waals surface area contributed by atoms with Gasteiger partial charge in [0.1, 0.15) is 0 Å². The third-order valence-corrected chi connectivity index (χ3v) is 0.393. The summed E-state index contributed by atoms with van der Waals surface area (Å²) in [6.07, 6.45) is 0.878. The van der Waals surface area contributed by atoms with Crippen molar-refractivity contribution in [2.24, 2.45) is 0 Å². The van der Waals surface area contributed by atoms with Crippen molar-refractivity contribution in [1.82, 2.24) is 0 Å². The predicted octanol–water partition coefficient (Wildman–Crippen LogP) is 1.55. The van der Waals surface area contributed by atoms with Crippen LogP contribution in [0.1, 0.15) is 13.3 Å². The Morgan fingerprint density at radius 2 is 2.40 bits per heavy atom. The van der Waals surface area contributed by atoms with Crippen LogP contribution in [0.5, 0.6) is 0 Å². The molecule has 0 spiro atoms. The molecular formula is C4H5S. The van der Waals surface area contributed by atoms with E-state index in [1.165, 1.54) is 0 Å². The van der Waals surface area contributed by atoms with Crippen molar-refractivity contribution in [2.45, 2.75) is 13.3 Å². The Balaban J connectivity index is 2.81. The van der Waals surface area contributed by atoms with Crippen molar-refractivity contribution < 1.29 is 0 Å². The van der Waals surface area contributed by atoms with E-state index in [-0.39, 0.29) is 0 Å². The summed E-state index contributed by atoms with van der Waals surface area (Å²) < 4.78 is 0. The summed E-state index contributed by atoms with van der Waals surface area (Å²) in [5.74, 6) is 2.68. The van der Waals surface area contributed by atoms with Crippen molar-refractivity contribution >= 4 is 12.6 Å². The molecule has 0 rings (SSSR count). The molecule has 0 amide bonds. The maximum atomic E-state index is 4.29. The summed E-state index contributed by atoms with van der Waals surface area (Å²) in [6, 6.07) is 0. The van der Waals surface area contributed by atoms with Gasteiger partial charge in [0.25, 0.3) is 0 Å². The van der Waals surface area contributed by atoms with Gasteiger partial charge in [-0.15, -0.1) is 0 Å². The fourth-order valence-electron chi connectivity index (χ4n) is 0.0722. The molecular weight excluding hydrogens is 80.1 g/mol. The lowest BCUT2D eigenvalue weighted by atomic mass is 10.5. The molecule has 1 heteroatoms. The molecule has 0 aliphatic rings. The highest BCUT2D eigenvalue weighted by Gasteiger charge is 1.50. The molecule has 0 N–H and O–H groups in total. The molecule has 0 bridgehead atoms. The van der Waals surface area contributed by atoms with Gasteiger partial charge in [-0.1, -0.05) is 12.8 Å². The van der Waals surface area contributed by atoms with Crippen molar-refractivity contribution in [3.63, 3.8) is 0 Å². The van der Waals surface area contributed by atoms with E-state index in [2.05, 4.69) is 23.8 Å². The summed E-state index contributed by atoms with van der Waals surface area (Å²) in [5, 5.41) is 2.35. The van der Waals surface area contributed by atoms with E-state index in [1.54, 1.807) is 0 Å². The fraction of sp³-hybridized carbons (Fsp3) is 0.500. The molecule has 0 aromatic heterocycles. The van der Waals surface area contributed by atoms with Gasteiger partial charge in [0.15, 0.2) is 0 Å². The van der Waals surface area contributed by atoms with Gasteiger partial charge < -0.3 is 0 Å². The quantitative estimate of drug-likeness (QED) is 0.391. The second-order valence-electron chi connectivity index (χ2n) is 0.632. The highest BCUT2D eigenvalue weighted by molar-refractivity contribution is 7.85. The molecule has 0 unspecified atom stereocenters. The molecule has 0 heterocycles. The second kappa shape index (κ2) is 3.78. The first-order valence-corrected chi connectivity index (χ1v) is 1.92. The summed E-state index contributed by atoms with van der Waals surface area (Å²) in [4.78, 5) is 0. The molecule has 0 aromatic carbocycles. The first-order valence-electron chi connectivity index (χ1n) is 1.51. The van der Waals surface area contributed by atoms with Gasteiger partial charge in [-0.3, -0.25) is 0 Å². The van der Waals surface area contributed by atoms with Crippen LogP contribution >= 0.6 is 12.6 Å². The van der Waals surface area contributed by atoms with E-state index < -0.39 is 0 Å². The van der Waals surface area contributed by atoms with Crippen LogP contribution in [0.3, 0.4) is 0 Å². The SMILES string of the molecule is CCC#C[S]. The van der Waals surface area contributed by atoms with Crippen molar-refractivity contribution in [3.05, 3.63) is 0 Å². The van der Waals surface area contributed by atoms with E-state index in [1.807, 2.05) is 6.92 Å². The third-order valence-electron chi connectivity index (χ3n) is 0.249. The fourth-order valence-corrected chi connectivity index (χ4v) is 0.217. The number of hydrogen-bond acceptors (Lipinski definition) is 0. The molecule has 0 aromatic rings. The van der Waals surface area contributed by atoms with Gasteiger partial charge in [0.05, 0.1) is 0 Å². The first kappa shape index (κ1) is 4.78. The van der Waals surface area contributed by atoms with Gasteiger partial charge >= 0.3 is 0 Å². The van der Waals surface area contributed by atoms with Gasteiger partial charge in [0, 0.05) is 11.7 Å². The lowest BCUT2D eigenvalue weighted by Gasteiger charge is -1.56. The molecule has 0 nitrogen and oxygen atoms in total. The highest BCUT2D eigenvalue weighted by Crippen LogP contribution is 1.66. The van der Waals surface area contributed by atoms with E-state index >= 15 is 0 Å². The summed E-state index contributed by atoms with van der Waals surface area (Å²) in [6.45, 7) is 1.97. The maximum absolute atomic E-state index is 4.29. The van der Waals surface area contributed by atoms with E-state index in [0.29, 0.717) is 0 Å². The molecule has 27 valence electrons. The molecule has 5 heavy (non-hydrogen) atoms. The van der Waals surface area contributed by atoms with Crippen molar-refractivity contribution in [3.8, 4) is 11.2 Å². The Bertz CT molecular complexity index is 55.8. The zero-order valence-corrected chi connectivity index (χ0v) is 3.93. The van der Waals surface area contributed by atoms with Gasteiger partial charge in [-0.2, -0.15) is 0 Å². The summed E-state index contributed by atoms with van der Waals surface area (Å²) in [5.41, 5.74) is 0. The Morgan fingerprint density at radius 1 is 1.80 bits per heavy atom.